The summed E-state index contributed by atoms with van der Waals surface area (Å²) in [5, 5.41) is 26.7. The zero-order chi connectivity index (χ0) is 21.2. The third kappa shape index (κ3) is 12.2. The lowest BCUT2D eigenvalue weighted by molar-refractivity contribution is -0.160. The van der Waals surface area contributed by atoms with E-state index in [0.717, 1.165) is 0 Å². The number of aliphatic hydroxyl groups is 3. The van der Waals surface area contributed by atoms with Crippen LogP contribution in [0.15, 0.2) is 0 Å². The van der Waals surface area contributed by atoms with Crippen LogP contribution in [0.2, 0.25) is 0 Å². The van der Waals surface area contributed by atoms with Crippen LogP contribution in [0.5, 0.6) is 0 Å². The third-order valence-corrected chi connectivity index (χ3v) is 3.47. The van der Waals surface area contributed by atoms with Gasteiger partial charge in [-0.15, -0.1) is 0 Å². The Balaban J connectivity index is 0. The zero-order valence-corrected chi connectivity index (χ0v) is 17.6. The molecule has 0 aromatic heterocycles. The molecule has 0 amide bonds. The number of esters is 2. The molecule has 0 aliphatic heterocycles. The van der Waals surface area contributed by atoms with Gasteiger partial charge in [-0.25, -0.2) is 0 Å². The molecule has 0 aliphatic carbocycles. The summed E-state index contributed by atoms with van der Waals surface area (Å²) in [4.78, 5) is 22.4. The molecular weight excluding hydrogens is 340 g/mol. The summed E-state index contributed by atoms with van der Waals surface area (Å²) in [6, 6.07) is 0. The Bertz CT molecular complexity index is 426. The predicted octanol–water partition coefficient (Wildman–Crippen LogP) is 1.77. The van der Waals surface area contributed by atoms with Gasteiger partial charge in [-0.3, -0.25) is 9.59 Å². The van der Waals surface area contributed by atoms with E-state index >= 15 is 0 Å². The molecule has 0 atom stereocenters. The number of carbonyl (C=O) groups is 2. The molecule has 3 N–H and O–H groups in total. The van der Waals surface area contributed by atoms with Gasteiger partial charge in [0.25, 0.3) is 0 Å². The first-order valence-corrected chi connectivity index (χ1v) is 8.80. The highest BCUT2D eigenvalue weighted by molar-refractivity contribution is 5.76. The van der Waals surface area contributed by atoms with Gasteiger partial charge in [0.05, 0.1) is 44.4 Å². The highest BCUT2D eigenvalue weighted by Crippen LogP contribution is 2.20. The zero-order valence-electron chi connectivity index (χ0n) is 17.6. The topological polar surface area (TPSA) is 113 Å². The summed E-state index contributed by atoms with van der Waals surface area (Å²) in [5.74, 6) is -0.752. The van der Waals surface area contributed by atoms with E-state index in [4.69, 9.17) is 24.8 Å². The van der Waals surface area contributed by atoms with E-state index in [1.807, 2.05) is 13.8 Å². The summed E-state index contributed by atoms with van der Waals surface area (Å²) in [6.45, 7) is 14.3. The molecule has 0 fully saturated rings. The van der Waals surface area contributed by atoms with Crippen molar-refractivity contribution in [3.05, 3.63) is 0 Å². The van der Waals surface area contributed by atoms with Crippen molar-refractivity contribution in [2.75, 3.05) is 33.0 Å². The van der Waals surface area contributed by atoms with E-state index in [9.17, 15) is 9.59 Å². The van der Waals surface area contributed by atoms with E-state index in [1.165, 1.54) is 0 Å². The van der Waals surface area contributed by atoms with Crippen LogP contribution in [-0.4, -0.2) is 60.3 Å². The lowest BCUT2D eigenvalue weighted by Crippen LogP contribution is -2.34. The van der Waals surface area contributed by atoms with Crippen molar-refractivity contribution in [2.24, 2.45) is 22.2 Å². The smallest absolute Gasteiger partial charge is 0.313 e. The van der Waals surface area contributed by atoms with Gasteiger partial charge in [-0.1, -0.05) is 41.5 Å². The SMILES string of the molecule is CC(C)(CO)COC(=O)C(C)(C)CO.CC(C)C(=O)OCC(C)(C)CO. The second-order valence-corrected chi connectivity index (χ2v) is 9.03. The van der Waals surface area contributed by atoms with E-state index in [1.54, 1.807) is 41.5 Å². The third-order valence-electron chi connectivity index (χ3n) is 3.47. The maximum absolute atomic E-state index is 11.4. The highest BCUT2D eigenvalue weighted by atomic mass is 16.5. The Labute approximate surface area is 157 Å². The van der Waals surface area contributed by atoms with Gasteiger partial charge in [0.1, 0.15) is 0 Å². The standard InChI is InChI=1S/C10H20O4.C9H18O3/c1-9(2,5-11)7-14-8(13)10(3,4)6-12;1-7(2)8(11)12-6-9(3,4)5-10/h11-12H,5-7H2,1-4H3;7,10H,5-6H2,1-4H3. The van der Waals surface area contributed by atoms with Gasteiger partial charge in [-0.2, -0.15) is 0 Å². The predicted molar refractivity (Wildman–Crippen MR) is 99.4 cm³/mol. The van der Waals surface area contributed by atoms with Crippen molar-refractivity contribution >= 4 is 11.9 Å². The molecule has 0 saturated heterocycles. The number of ether oxygens (including phenoxy) is 2. The fourth-order valence-electron chi connectivity index (χ4n) is 1.05. The first kappa shape index (κ1) is 27.0. The Morgan fingerprint density at radius 3 is 1.46 bits per heavy atom. The highest BCUT2D eigenvalue weighted by Gasteiger charge is 2.30. The molecule has 0 aromatic carbocycles. The van der Waals surface area contributed by atoms with E-state index in [-0.39, 0.29) is 50.3 Å². The molecule has 7 heteroatoms. The molecule has 0 aliphatic rings. The molecule has 0 bridgehead atoms. The Morgan fingerprint density at radius 1 is 0.769 bits per heavy atom. The van der Waals surface area contributed by atoms with Gasteiger partial charge in [-0.05, 0) is 13.8 Å². The van der Waals surface area contributed by atoms with Crippen LogP contribution >= 0.6 is 0 Å². The van der Waals surface area contributed by atoms with Crippen LogP contribution in [0.25, 0.3) is 0 Å². The van der Waals surface area contributed by atoms with Crippen LogP contribution in [0.3, 0.4) is 0 Å². The molecule has 0 saturated carbocycles. The fourth-order valence-corrected chi connectivity index (χ4v) is 1.05. The summed E-state index contributed by atoms with van der Waals surface area (Å²) >= 11 is 0. The first-order chi connectivity index (χ1) is 11.6. The normalized spacial score (nSPS) is 12.3. The lowest BCUT2D eigenvalue weighted by Gasteiger charge is -2.25. The molecule has 7 nitrogen and oxygen atoms in total. The van der Waals surface area contributed by atoms with E-state index < -0.39 is 16.8 Å². The largest absolute Gasteiger partial charge is 0.465 e. The number of carbonyl (C=O) groups excluding carboxylic acids is 2. The average Bonchev–Trinajstić information content (AvgIpc) is 2.58. The molecule has 0 unspecified atom stereocenters. The van der Waals surface area contributed by atoms with Crippen molar-refractivity contribution in [1.82, 2.24) is 0 Å². The Hall–Kier alpha value is -1.18. The number of hydrogen-bond donors (Lipinski definition) is 3. The minimum atomic E-state index is -0.870. The van der Waals surface area contributed by atoms with Crippen molar-refractivity contribution in [2.45, 2.75) is 55.4 Å². The molecule has 0 rings (SSSR count). The van der Waals surface area contributed by atoms with Gasteiger partial charge >= 0.3 is 11.9 Å². The minimum absolute atomic E-state index is 0.0262. The van der Waals surface area contributed by atoms with Gasteiger partial charge in [0.15, 0.2) is 0 Å². The van der Waals surface area contributed by atoms with Crippen molar-refractivity contribution in [3.63, 3.8) is 0 Å². The summed E-state index contributed by atoms with van der Waals surface area (Å²) < 4.78 is 9.95. The molecule has 26 heavy (non-hydrogen) atoms. The first-order valence-electron chi connectivity index (χ1n) is 8.80. The summed E-state index contributed by atoms with van der Waals surface area (Å²) in [5.41, 5.74) is -1.63. The average molecular weight is 379 g/mol. The maximum atomic E-state index is 11.4. The fraction of sp³-hybridized carbons (Fsp3) is 0.895. The second-order valence-electron chi connectivity index (χ2n) is 9.03. The van der Waals surface area contributed by atoms with Crippen LogP contribution in [0.1, 0.15) is 55.4 Å². The van der Waals surface area contributed by atoms with Gasteiger partial charge in [0, 0.05) is 10.8 Å². The monoisotopic (exact) mass is 378 g/mol. The van der Waals surface area contributed by atoms with Crippen LogP contribution in [0.4, 0.5) is 0 Å². The summed E-state index contributed by atoms with van der Waals surface area (Å²) in [6.07, 6.45) is 0. The van der Waals surface area contributed by atoms with Crippen LogP contribution < -0.4 is 0 Å². The Kier molecular flexibility index (Phi) is 12.0. The van der Waals surface area contributed by atoms with Gasteiger partial charge in [0.2, 0.25) is 0 Å². The maximum Gasteiger partial charge on any atom is 0.313 e. The van der Waals surface area contributed by atoms with Gasteiger partial charge < -0.3 is 24.8 Å². The quantitative estimate of drug-likeness (QED) is 0.524. The number of aliphatic hydroxyl groups excluding tert-OH is 3. The Morgan fingerprint density at radius 2 is 1.15 bits per heavy atom. The number of hydrogen-bond acceptors (Lipinski definition) is 7. The van der Waals surface area contributed by atoms with Crippen molar-refractivity contribution in [3.8, 4) is 0 Å². The van der Waals surface area contributed by atoms with Crippen LogP contribution in [0, 0.1) is 22.2 Å². The van der Waals surface area contributed by atoms with Crippen LogP contribution in [-0.2, 0) is 19.1 Å². The molecule has 0 radical (unpaired) electrons. The molecular formula is C19H38O7. The lowest BCUT2D eigenvalue weighted by atomic mass is 9.94. The van der Waals surface area contributed by atoms with Crippen molar-refractivity contribution < 1.29 is 34.4 Å². The minimum Gasteiger partial charge on any atom is -0.465 e. The molecule has 0 spiro atoms. The molecule has 0 aromatic rings. The van der Waals surface area contributed by atoms with E-state index in [2.05, 4.69) is 0 Å². The molecule has 156 valence electrons. The summed E-state index contributed by atoms with van der Waals surface area (Å²) in [7, 11) is 0. The van der Waals surface area contributed by atoms with E-state index in [0.29, 0.717) is 0 Å². The number of rotatable bonds is 9. The second kappa shape index (κ2) is 11.5. The van der Waals surface area contributed by atoms with Crippen molar-refractivity contribution in [1.29, 1.82) is 0 Å². The molecule has 0 heterocycles.